The molecule has 2 nitrogen and oxygen atoms in total. The molecule has 1 unspecified atom stereocenters. The number of nitrogens with one attached hydrogen (secondary N) is 1. The van der Waals surface area contributed by atoms with Crippen molar-refractivity contribution in [2.45, 2.75) is 19.4 Å². The van der Waals surface area contributed by atoms with Gasteiger partial charge in [0.25, 0.3) is 0 Å². The van der Waals surface area contributed by atoms with Crippen molar-refractivity contribution in [1.82, 2.24) is 4.98 Å². The Morgan fingerprint density at radius 3 is 2.58 bits per heavy atom. The van der Waals surface area contributed by atoms with Crippen LogP contribution in [-0.4, -0.2) is 11.0 Å². The van der Waals surface area contributed by atoms with Gasteiger partial charge in [-0.05, 0) is 53.0 Å². The summed E-state index contributed by atoms with van der Waals surface area (Å²) in [6, 6.07) is 10.1. The van der Waals surface area contributed by atoms with Gasteiger partial charge in [-0.2, -0.15) is 0 Å². The molecule has 0 spiro atoms. The molecule has 0 aliphatic carbocycles. The van der Waals surface area contributed by atoms with Crippen LogP contribution in [0.5, 0.6) is 0 Å². The largest absolute Gasteiger partial charge is 0.381 e. The fourth-order valence-corrected chi connectivity index (χ4v) is 2.39. The van der Waals surface area contributed by atoms with Gasteiger partial charge in [0, 0.05) is 11.1 Å². The number of nitrogens with zero attached hydrogens (tertiary/aromatic N) is 1. The summed E-state index contributed by atoms with van der Waals surface area (Å²) in [7, 11) is 0. The average molecular weight is 360 g/mol. The van der Waals surface area contributed by atoms with E-state index in [-0.39, 0.29) is 6.04 Å². The zero-order valence-corrected chi connectivity index (χ0v) is 13.4. The molecule has 1 atom stereocenters. The van der Waals surface area contributed by atoms with E-state index in [9.17, 15) is 0 Å². The maximum atomic E-state index is 5.87. The first kappa shape index (κ1) is 14.6. The number of benzene rings is 1. The SMILES string of the molecule is CC(Cc1ccc(Cl)cc1)Nc1cnc(Cl)c(Br)c1. The summed E-state index contributed by atoms with van der Waals surface area (Å²) in [6.45, 7) is 2.12. The fourth-order valence-electron chi connectivity index (χ4n) is 1.81. The molecule has 1 aromatic carbocycles. The molecule has 1 heterocycles. The van der Waals surface area contributed by atoms with Crippen LogP contribution in [0, 0.1) is 0 Å². The predicted molar refractivity (Wildman–Crippen MR) is 85.2 cm³/mol. The van der Waals surface area contributed by atoms with Crippen molar-refractivity contribution < 1.29 is 0 Å². The molecule has 19 heavy (non-hydrogen) atoms. The molecule has 1 aromatic heterocycles. The molecule has 0 fully saturated rings. The summed E-state index contributed by atoms with van der Waals surface area (Å²) >= 11 is 15.1. The maximum Gasteiger partial charge on any atom is 0.143 e. The van der Waals surface area contributed by atoms with Crippen molar-refractivity contribution >= 4 is 44.8 Å². The third-order valence-electron chi connectivity index (χ3n) is 2.66. The van der Waals surface area contributed by atoms with E-state index in [1.165, 1.54) is 5.56 Å². The van der Waals surface area contributed by atoms with Crippen LogP contribution in [0.2, 0.25) is 10.2 Å². The van der Waals surface area contributed by atoms with E-state index in [0.29, 0.717) is 5.15 Å². The first-order valence-electron chi connectivity index (χ1n) is 5.86. The van der Waals surface area contributed by atoms with Crippen LogP contribution >= 0.6 is 39.1 Å². The van der Waals surface area contributed by atoms with E-state index in [1.54, 1.807) is 6.20 Å². The summed E-state index contributed by atoms with van der Waals surface area (Å²) < 4.78 is 0.790. The minimum absolute atomic E-state index is 0.288. The highest BCUT2D eigenvalue weighted by Gasteiger charge is 2.06. The summed E-state index contributed by atoms with van der Waals surface area (Å²) in [5, 5.41) is 4.62. The van der Waals surface area contributed by atoms with Crippen molar-refractivity contribution in [2.24, 2.45) is 0 Å². The number of anilines is 1. The van der Waals surface area contributed by atoms with Gasteiger partial charge in [0.15, 0.2) is 0 Å². The van der Waals surface area contributed by atoms with Gasteiger partial charge in [0.05, 0.1) is 16.4 Å². The smallest absolute Gasteiger partial charge is 0.143 e. The molecule has 0 saturated carbocycles. The van der Waals surface area contributed by atoms with Gasteiger partial charge >= 0.3 is 0 Å². The Bertz CT molecular complexity index is 558. The van der Waals surface area contributed by atoms with Crippen molar-refractivity contribution in [3.63, 3.8) is 0 Å². The molecule has 0 aliphatic heterocycles. The van der Waals surface area contributed by atoms with Crippen molar-refractivity contribution in [2.75, 3.05) is 5.32 Å². The van der Waals surface area contributed by atoms with Gasteiger partial charge in [0.2, 0.25) is 0 Å². The molecule has 0 amide bonds. The fraction of sp³-hybridized carbons (Fsp3) is 0.214. The molecule has 0 bridgehead atoms. The summed E-state index contributed by atoms with van der Waals surface area (Å²) in [6.07, 6.45) is 2.64. The Balaban J connectivity index is 1.98. The lowest BCUT2D eigenvalue weighted by Crippen LogP contribution is -2.18. The standard InChI is InChI=1S/C14H13BrCl2N2/c1-9(6-10-2-4-11(16)5-3-10)19-12-7-13(15)14(17)18-8-12/h2-5,7-9,19H,6H2,1H3. The Labute approximate surface area is 131 Å². The molecular formula is C14H13BrCl2N2. The first-order chi connectivity index (χ1) is 9.04. The molecule has 1 N–H and O–H groups in total. The van der Waals surface area contributed by atoms with Crippen LogP contribution in [0.3, 0.4) is 0 Å². The second kappa shape index (κ2) is 6.60. The maximum absolute atomic E-state index is 5.87. The monoisotopic (exact) mass is 358 g/mol. The highest BCUT2D eigenvalue weighted by Crippen LogP contribution is 2.23. The molecule has 100 valence electrons. The minimum Gasteiger partial charge on any atom is -0.381 e. The number of hydrogen-bond donors (Lipinski definition) is 1. The third-order valence-corrected chi connectivity index (χ3v) is 4.05. The molecule has 0 radical (unpaired) electrons. The Kier molecular flexibility index (Phi) is 5.08. The van der Waals surface area contributed by atoms with Crippen LogP contribution in [0.1, 0.15) is 12.5 Å². The highest BCUT2D eigenvalue weighted by atomic mass is 79.9. The zero-order valence-electron chi connectivity index (χ0n) is 10.3. The van der Waals surface area contributed by atoms with E-state index in [4.69, 9.17) is 23.2 Å². The number of hydrogen-bond acceptors (Lipinski definition) is 2. The van der Waals surface area contributed by atoms with E-state index in [2.05, 4.69) is 33.2 Å². The second-order valence-electron chi connectivity index (χ2n) is 4.37. The van der Waals surface area contributed by atoms with E-state index < -0.39 is 0 Å². The zero-order chi connectivity index (χ0) is 13.8. The summed E-state index contributed by atoms with van der Waals surface area (Å²) in [4.78, 5) is 4.09. The Morgan fingerprint density at radius 1 is 1.26 bits per heavy atom. The lowest BCUT2D eigenvalue weighted by molar-refractivity contribution is 0.789. The van der Waals surface area contributed by atoms with Crippen molar-refractivity contribution in [3.8, 4) is 0 Å². The quantitative estimate of drug-likeness (QED) is 0.759. The average Bonchev–Trinajstić information content (AvgIpc) is 2.37. The van der Waals surface area contributed by atoms with Gasteiger partial charge in [-0.1, -0.05) is 35.3 Å². The Hall–Kier alpha value is -0.770. The first-order valence-corrected chi connectivity index (χ1v) is 7.41. The number of halogens is 3. The van der Waals surface area contributed by atoms with Crippen LogP contribution in [-0.2, 0) is 6.42 Å². The second-order valence-corrected chi connectivity index (χ2v) is 6.02. The predicted octanol–water partition coefficient (Wildman–Crippen LogP) is 5.19. The van der Waals surface area contributed by atoms with E-state index >= 15 is 0 Å². The van der Waals surface area contributed by atoms with Gasteiger partial charge in [-0.15, -0.1) is 0 Å². The van der Waals surface area contributed by atoms with Gasteiger partial charge in [-0.25, -0.2) is 4.98 Å². The molecular weight excluding hydrogens is 347 g/mol. The topological polar surface area (TPSA) is 24.9 Å². The van der Waals surface area contributed by atoms with Crippen molar-refractivity contribution in [1.29, 1.82) is 0 Å². The summed E-state index contributed by atoms with van der Waals surface area (Å²) in [5.41, 5.74) is 2.18. The highest BCUT2D eigenvalue weighted by molar-refractivity contribution is 9.10. The minimum atomic E-state index is 0.288. The lowest BCUT2D eigenvalue weighted by Gasteiger charge is -2.15. The molecule has 5 heteroatoms. The molecule has 0 aliphatic rings. The van der Waals surface area contributed by atoms with Gasteiger partial charge in [-0.3, -0.25) is 0 Å². The third kappa shape index (κ3) is 4.37. The van der Waals surface area contributed by atoms with E-state index in [1.807, 2.05) is 30.3 Å². The molecule has 2 rings (SSSR count). The van der Waals surface area contributed by atoms with Crippen LogP contribution in [0.15, 0.2) is 41.0 Å². The number of aromatic nitrogens is 1. The lowest BCUT2D eigenvalue weighted by atomic mass is 10.1. The normalized spacial score (nSPS) is 12.2. The summed E-state index contributed by atoms with van der Waals surface area (Å²) in [5.74, 6) is 0. The van der Waals surface area contributed by atoms with Crippen LogP contribution < -0.4 is 5.32 Å². The van der Waals surface area contributed by atoms with Gasteiger partial charge < -0.3 is 5.32 Å². The molecule has 2 aromatic rings. The van der Waals surface area contributed by atoms with Crippen LogP contribution in [0.4, 0.5) is 5.69 Å². The Morgan fingerprint density at radius 2 is 1.95 bits per heavy atom. The number of rotatable bonds is 4. The van der Waals surface area contributed by atoms with Crippen LogP contribution in [0.25, 0.3) is 0 Å². The van der Waals surface area contributed by atoms with E-state index in [0.717, 1.165) is 21.6 Å². The number of pyridine rings is 1. The van der Waals surface area contributed by atoms with Crippen molar-refractivity contribution in [3.05, 3.63) is 56.7 Å². The van der Waals surface area contributed by atoms with Gasteiger partial charge in [0.1, 0.15) is 5.15 Å². The molecule has 0 saturated heterocycles.